The van der Waals surface area contributed by atoms with Gasteiger partial charge in [-0.2, -0.15) is 20.4 Å². The monoisotopic (exact) mass is 1900 g/mol. The van der Waals surface area contributed by atoms with Crippen LogP contribution in [0.1, 0.15) is 102 Å². The molecule has 13 aromatic heterocycles. The van der Waals surface area contributed by atoms with Gasteiger partial charge in [0.05, 0.1) is 24.3 Å². The Morgan fingerprint density at radius 1 is 0.423 bits per heavy atom. The van der Waals surface area contributed by atoms with Crippen LogP contribution in [0.15, 0.2) is 253 Å². The van der Waals surface area contributed by atoms with Crippen LogP contribution < -0.4 is 49.5 Å². The number of nitrogen functional groups attached to an aromatic ring is 4. The summed E-state index contributed by atoms with van der Waals surface area (Å²) in [5.74, 6) is 5.22. The third kappa shape index (κ3) is 19.8. The number of aromatic nitrogens is 19. The van der Waals surface area contributed by atoms with Crippen molar-refractivity contribution in [1.29, 1.82) is 0 Å². The molecular formula is C100H98FN35O6. The molecule has 0 fully saturated rings. The van der Waals surface area contributed by atoms with Crippen molar-refractivity contribution in [3.63, 3.8) is 0 Å². The molecule has 6 amide bonds. The number of hydrogen-bond donors (Lipinski definition) is 9. The lowest BCUT2D eigenvalue weighted by atomic mass is 10.0. The zero-order chi connectivity index (χ0) is 99.0. The van der Waals surface area contributed by atoms with Gasteiger partial charge in [0, 0.05) is 279 Å². The average Bonchev–Trinajstić information content (AvgIpc) is 1.34. The average molecular weight is 1910 g/mol. The number of aliphatic imine (C=N–C) groups is 2. The topological polar surface area (TPSA) is 505 Å². The van der Waals surface area contributed by atoms with Gasteiger partial charge >= 0.3 is 0 Å². The molecule has 13 N–H and O–H groups in total. The van der Waals surface area contributed by atoms with E-state index < -0.39 is 11.7 Å². The molecular weight excluding hydrogens is 1810 g/mol. The number of halogens is 1. The molecule has 14 aromatic rings. The molecule has 0 bridgehead atoms. The van der Waals surface area contributed by atoms with Crippen LogP contribution in [0.25, 0.3) is 43.1 Å². The van der Waals surface area contributed by atoms with Crippen molar-refractivity contribution in [3.05, 3.63) is 306 Å². The van der Waals surface area contributed by atoms with Crippen molar-refractivity contribution < 1.29 is 33.2 Å². The van der Waals surface area contributed by atoms with Gasteiger partial charge in [0.15, 0.2) is 29.1 Å². The van der Waals surface area contributed by atoms with E-state index in [-0.39, 0.29) is 88.4 Å². The number of aryl methyl sites for hydroxylation is 4. The SMILES string of the molecule is C=C1C=CC=C(N(C)C(=O)c2cc3cc(Nc4cc5n(n4)CC(=O)NCC5)ncc3c(N)n2)C1.C=C1C=CC=C(N(C)C(=O)c2cc3cc(Nc4cc5n(n4)Cc4nccn4CC5)ncc3c(N)c2F)C1.C=C1C=NC=C(N(C)C(=O)c2cc3cc(Nc4cc5n(n4)CC(=O)N(C)CC5)ncc3c(N)n2)C1.C=C1C=NC=C(N(C)C(=O)c2cc3cc(Nc4cc5n(n4)Cc4nccn4CC5)ncc3c(N)n2)C1. The van der Waals surface area contributed by atoms with Crippen molar-refractivity contribution in [2.45, 2.75) is 90.6 Å². The van der Waals surface area contributed by atoms with Crippen LogP contribution >= 0.6 is 0 Å². The number of nitrogens with zero attached hydrogens (tertiary/aromatic N) is 26. The number of hydrogen-bond acceptors (Lipinski definition) is 29. The molecule has 8 aliphatic rings. The van der Waals surface area contributed by atoms with Crippen LogP contribution in [-0.4, -0.2) is 214 Å². The van der Waals surface area contributed by atoms with Gasteiger partial charge in [0.1, 0.15) is 82.5 Å². The Labute approximate surface area is 811 Å². The first-order chi connectivity index (χ1) is 68.5. The number of amides is 6. The fraction of sp³-hybridized carbons (Fsp3) is 0.210. The van der Waals surface area contributed by atoms with Crippen molar-refractivity contribution in [2.75, 3.05) is 92.5 Å². The van der Waals surface area contributed by atoms with Gasteiger partial charge in [0.25, 0.3) is 23.6 Å². The number of pyridine rings is 7. The van der Waals surface area contributed by atoms with Crippen LogP contribution in [0.5, 0.6) is 0 Å². The minimum Gasteiger partial charge on any atom is -0.396 e. The number of benzene rings is 1. The molecule has 0 unspecified atom stereocenters. The van der Waals surface area contributed by atoms with Gasteiger partial charge in [-0.1, -0.05) is 50.6 Å². The summed E-state index contributed by atoms with van der Waals surface area (Å²) < 4.78 is 26.8. The number of imidazole rings is 2. The highest BCUT2D eigenvalue weighted by molar-refractivity contribution is 6.06. The van der Waals surface area contributed by atoms with Crippen LogP contribution in [-0.2, 0) is 74.5 Å². The first-order valence-corrected chi connectivity index (χ1v) is 45.4. The molecule has 142 heavy (non-hydrogen) atoms. The third-order valence-corrected chi connectivity index (χ3v) is 25.2. The molecule has 2 aliphatic carbocycles. The predicted octanol–water partition coefficient (Wildman–Crippen LogP) is 11.5. The summed E-state index contributed by atoms with van der Waals surface area (Å²) in [5, 5.41) is 39.2. The van der Waals surface area contributed by atoms with Crippen LogP contribution in [0.4, 0.5) is 74.1 Å². The van der Waals surface area contributed by atoms with Gasteiger partial charge in [-0.25, -0.2) is 49.2 Å². The summed E-state index contributed by atoms with van der Waals surface area (Å²) >= 11 is 0. The van der Waals surface area contributed by atoms with Gasteiger partial charge in [-0.05, 0) is 105 Å². The summed E-state index contributed by atoms with van der Waals surface area (Å²) in [5.41, 5.74) is 35.7. The maximum atomic E-state index is 15.2. The van der Waals surface area contributed by atoms with E-state index in [0.717, 1.165) is 123 Å². The number of carbonyl (C=O) groups is 6. The van der Waals surface area contributed by atoms with Gasteiger partial charge in [-0.15, -0.1) is 0 Å². The van der Waals surface area contributed by atoms with Gasteiger partial charge in [0.2, 0.25) is 11.8 Å². The molecule has 0 spiro atoms. The molecule has 0 atom stereocenters. The van der Waals surface area contributed by atoms with E-state index in [9.17, 15) is 28.8 Å². The van der Waals surface area contributed by atoms with Gasteiger partial charge in [-0.3, -0.25) is 57.5 Å². The van der Waals surface area contributed by atoms with E-state index in [1.165, 1.54) is 27.0 Å². The smallest absolute Gasteiger partial charge is 0.276 e. The molecule has 6 aliphatic heterocycles. The molecule has 42 heteroatoms. The predicted molar refractivity (Wildman–Crippen MR) is 539 cm³/mol. The number of likely N-dealkylation sites (N-methyl/N-ethyl adjacent to an activating group) is 1. The number of nitrogens with one attached hydrogen (secondary N) is 5. The molecule has 41 nitrogen and oxygen atoms in total. The van der Waals surface area contributed by atoms with Crippen LogP contribution in [0.3, 0.4) is 0 Å². The van der Waals surface area contributed by atoms with Crippen molar-refractivity contribution in [3.8, 4) is 0 Å². The van der Waals surface area contributed by atoms with Crippen molar-refractivity contribution >= 4 is 161 Å². The first-order valence-electron chi connectivity index (χ1n) is 45.4. The molecule has 19 heterocycles. The maximum Gasteiger partial charge on any atom is 0.276 e. The minimum absolute atomic E-state index is 0.0208. The fourth-order valence-electron chi connectivity index (χ4n) is 17.3. The number of anilines is 12. The second-order valence-electron chi connectivity index (χ2n) is 35.1. The summed E-state index contributed by atoms with van der Waals surface area (Å²) in [6, 6.07) is 21.6. The zero-order valence-electron chi connectivity index (χ0n) is 78.2. The highest BCUT2D eigenvalue weighted by atomic mass is 19.1. The maximum absolute atomic E-state index is 15.2. The molecule has 1 aromatic carbocycles. The van der Waals surface area contributed by atoms with Crippen molar-refractivity contribution in [2.24, 2.45) is 9.98 Å². The lowest BCUT2D eigenvalue weighted by Gasteiger charge is -2.23. The largest absolute Gasteiger partial charge is 0.396 e. The molecule has 0 saturated heterocycles. The summed E-state index contributed by atoms with van der Waals surface area (Å²) in [6.45, 7) is 20.3. The molecule has 716 valence electrons. The first kappa shape index (κ1) is 92.5. The Hall–Kier alpha value is -18.5. The van der Waals surface area contributed by atoms with E-state index in [2.05, 4.69) is 132 Å². The zero-order valence-corrected chi connectivity index (χ0v) is 78.2. The number of rotatable bonds is 16. The van der Waals surface area contributed by atoms with E-state index in [1.54, 1.807) is 140 Å². The fourth-order valence-corrected chi connectivity index (χ4v) is 17.3. The molecule has 22 rings (SSSR count). The Kier molecular flexibility index (Phi) is 25.4. The number of nitrogens with two attached hydrogens (primary N) is 4. The standard InChI is InChI=1S/C27H25FN8O.C25H24N10O.C24H25N9O2.C24H24N8O2/c1-16-4-3-5-18(10-16)34(2)27(37)20-11-17-12-22(31-14-21(17)26(29)25(20)28)32-23-13-19-6-8-35-9-7-30-24(35)15-36(19)33-23;1-15-7-18(12-27-11-15)33(2)25(36)20-8-16-9-21(29-13-19(16)24(26)30-20)31-22-10-17-3-5-34-6-4-28-23(34)14-35(17)32-22;1-14-6-17(11-26-10-14)32(3)24(35)19-7-15-8-20(27-12-18(15)23(25)28-19)29-21-9-16-4-5-31(2)22(34)13-33(16)30-21;1-14-4-3-5-16(8-14)31(2)24(34)19-9-15-10-20(27-12-18(15)23(25)28-19)29-21-11-17-6-7-26-22(33)13-32(17)30-21/h3-5,7,9,11-14H,1,6,8,10,15,29H2,2H3,(H,31,32,33);4,6,8-13H,1,3,5,7,14H2,2H3,(H2,26,30)(H,29,31,32);7-12H,1,4-6,13H2,2-3H3,(H2,25,28)(H,27,29,30);3-5,9-12H,1,6-8,13H2,2H3,(H2,25,28)(H,26,33)(H,27,29,30). The highest BCUT2D eigenvalue weighted by Crippen LogP contribution is 2.36. The molecule has 0 radical (unpaired) electrons. The second kappa shape index (κ2) is 38.9. The Balaban J connectivity index is 0.000000120. The lowest BCUT2D eigenvalue weighted by Crippen LogP contribution is -2.29. The Morgan fingerprint density at radius 2 is 0.789 bits per heavy atom. The summed E-state index contributed by atoms with van der Waals surface area (Å²) in [4.78, 5) is 132. The minimum atomic E-state index is -0.756. The highest BCUT2D eigenvalue weighted by Gasteiger charge is 2.30. The van der Waals surface area contributed by atoms with Crippen LogP contribution in [0.2, 0.25) is 0 Å². The van der Waals surface area contributed by atoms with E-state index in [4.69, 9.17) is 28.0 Å². The quantitative estimate of drug-likeness (QED) is 0.0406. The Morgan fingerprint density at radius 3 is 1.20 bits per heavy atom. The third-order valence-electron chi connectivity index (χ3n) is 25.2. The normalized spacial score (nSPS) is 15.1. The number of fused-ring (bicyclic) bond motifs is 10. The summed E-state index contributed by atoms with van der Waals surface area (Å²) in [6.07, 6.45) is 37.1. The van der Waals surface area contributed by atoms with E-state index in [1.807, 2.05) is 94.7 Å². The van der Waals surface area contributed by atoms with Gasteiger partial charge < -0.3 is 83.2 Å². The summed E-state index contributed by atoms with van der Waals surface area (Å²) in [7, 11) is 8.50. The number of carbonyl (C=O) groups excluding carboxylic acids is 6. The number of allylic oxidation sites excluding steroid dienone is 10. The van der Waals surface area contributed by atoms with E-state index in [0.29, 0.717) is 137 Å². The van der Waals surface area contributed by atoms with Crippen molar-refractivity contribution in [1.82, 2.24) is 123 Å². The van der Waals surface area contributed by atoms with E-state index >= 15 is 4.39 Å². The lowest BCUT2D eigenvalue weighted by molar-refractivity contribution is -0.130. The molecule has 0 saturated carbocycles. The van der Waals surface area contributed by atoms with Crippen LogP contribution in [0, 0.1) is 5.82 Å². The Bertz CT molecular complexity index is 7900. The second-order valence-corrected chi connectivity index (χ2v) is 35.1.